The van der Waals surface area contributed by atoms with Gasteiger partial charge in [0.15, 0.2) is 5.78 Å². The van der Waals surface area contributed by atoms with Crippen LogP contribution in [-0.4, -0.2) is 56.5 Å². The summed E-state index contributed by atoms with van der Waals surface area (Å²) in [6.07, 6.45) is 1.18. The van der Waals surface area contributed by atoms with Gasteiger partial charge in [0, 0.05) is 43.9 Å². The van der Waals surface area contributed by atoms with E-state index in [1.807, 2.05) is 53.4 Å². The van der Waals surface area contributed by atoms with Gasteiger partial charge in [0.25, 0.3) is 0 Å². The van der Waals surface area contributed by atoms with E-state index >= 15 is 0 Å². The van der Waals surface area contributed by atoms with Crippen LogP contribution in [0, 0.1) is 0 Å². The molecule has 1 fully saturated rings. The molecule has 0 spiro atoms. The van der Waals surface area contributed by atoms with Crippen molar-refractivity contribution in [3.63, 3.8) is 0 Å². The fourth-order valence-corrected chi connectivity index (χ4v) is 3.36. The number of rotatable bonds is 8. The Balaban J connectivity index is 1.37. The molecule has 0 aliphatic carbocycles. The van der Waals surface area contributed by atoms with Gasteiger partial charge in [-0.15, -0.1) is 0 Å². The van der Waals surface area contributed by atoms with Crippen molar-refractivity contribution in [3.8, 4) is 11.5 Å². The molecule has 6 heteroatoms. The van der Waals surface area contributed by atoms with E-state index in [-0.39, 0.29) is 11.7 Å². The van der Waals surface area contributed by atoms with Gasteiger partial charge in [0.1, 0.15) is 11.5 Å². The van der Waals surface area contributed by atoms with E-state index in [0.717, 1.165) is 35.8 Å². The van der Waals surface area contributed by atoms with Crippen LogP contribution in [0.5, 0.6) is 11.5 Å². The summed E-state index contributed by atoms with van der Waals surface area (Å²) < 4.78 is 10.8. The van der Waals surface area contributed by atoms with Crippen LogP contribution < -0.4 is 14.4 Å². The van der Waals surface area contributed by atoms with Crippen molar-refractivity contribution in [3.05, 3.63) is 54.1 Å². The molecule has 2 aromatic rings. The van der Waals surface area contributed by atoms with Crippen LogP contribution in [0.4, 0.5) is 5.69 Å². The highest BCUT2D eigenvalue weighted by molar-refractivity contribution is 5.94. The lowest BCUT2D eigenvalue weighted by atomic mass is 10.1. The highest BCUT2D eigenvalue weighted by Gasteiger charge is 2.21. The monoisotopic (exact) mass is 396 g/mol. The van der Waals surface area contributed by atoms with Gasteiger partial charge in [-0.05, 0) is 61.9 Å². The molecule has 0 aromatic heterocycles. The topological polar surface area (TPSA) is 59.1 Å². The highest BCUT2D eigenvalue weighted by atomic mass is 16.5. The number of carbonyl (C=O) groups is 2. The van der Waals surface area contributed by atoms with Crippen LogP contribution in [0.1, 0.15) is 30.1 Å². The molecule has 0 bridgehead atoms. The molecule has 0 radical (unpaired) electrons. The normalized spacial score (nSPS) is 13.9. The molecule has 29 heavy (non-hydrogen) atoms. The van der Waals surface area contributed by atoms with Crippen molar-refractivity contribution < 1.29 is 19.1 Å². The molecule has 154 valence electrons. The number of nitrogens with zero attached hydrogens (tertiary/aromatic N) is 2. The lowest BCUT2D eigenvalue weighted by Gasteiger charge is -2.36. The molecule has 0 atom stereocenters. The van der Waals surface area contributed by atoms with Gasteiger partial charge < -0.3 is 19.3 Å². The summed E-state index contributed by atoms with van der Waals surface area (Å²) in [5, 5.41) is 0. The van der Waals surface area contributed by atoms with Gasteiger partial charge in [-0.3, -0.25) is 9.59 Å². The lowest BCUT2D eigenvalue weighted by Crippen LogP contribution is -2.48. The van der Waals surface area contributed by atoms with Crippen LogP contribution in [-0.2, 0) is 4.79 Å². The number of anilines is 1. The minimum Gasteiger partial charge on any atom is -0.497 e. The number of hydrogen-bond donors (Lipinski definition) is 0. The Morgan fingerprint density at radius 3 is 2.10 bits per heavy atom. The summed E-state index contributed by atoms with van der Waals surface area (Å²) in [5.41, 5.74) is 1.81. The minimum absolute atomic E-state index is 0.0722. The molecule has 1 heterocycles. The molecule has 0 saturated carbocycles. The van der Waals surface area contributed by atoms with E-state index in [9.17, 15) is 9.59 Å². The van der Waals surface area contributed by atoms with Crippen LogP contribution in [0.15, 0.2) is 48.5 Å². The Morgan fingerprint density at radius 2 is 1.52 bits per heavy atom. The molecule has 3 rings (SSSR count). The Bertz CT molecular complexity index is 810. The average molecular weight is 396 g/mol. The zero-order chi connectivity index (χ0) is 20.6. The van der Waals surface area contributed by atoms with Crippen molar-refractivity contribution in [1.29, 1.82) is 0 Å². The predicted octanol–water partition coefficient (Wildman–Crippen LogP) is 3.41. The van der Waals surface area contributed by atoms with E-state index in [4.69, 9.17) is 9.47 Å². The van der Waals surface area contributed by atoms with Crippen molar-refractivity contribution in [2.75, 3.05) is 44.8 Å². The molecule has 0 N–H and O–H groups in total. The first-order valence-corrected chi connectivity index (χ1v) is 9.97. The Hall–Kier alpha value is -3.02. The van der Waals surface area contributed by atoms with Gasteiger partial charge in [0.2, 0.25) is 5.91 Å². The second-order valence-electron chi connectivity index (χ2n) is 7.10. The number of benzene rings is 2. The predicted molar refractivity (Wildman–Crippen MR) is 113 cm³/mol. The SMILES string of the molecule is COc1ccc(OCCCC(=O)N2CCN(c3ccc(C(C)=O)cc3)CC2)cc1. The summed E-state index contributed by atoms with van der Waals surface area (Å²) >= 11 is 0. The van der Waals surface area contributed by atoms with E-state index in [1.54, 1.807) is 14.0 Å². The molecule has 0 unspecified atom stereocenters. The molecular formula is C23H28N2O4. The lowest BCUT2D eigenvalue weighted by molar-refractivity contribution is -0.131. The molecular weight excluding hydrogens is 368 g/mol. The third kappa shape index (κ3) is 5.73. The van der Waals surface area contributed by atoms with Gasteiger partial charge >= 0.3 is 0 Å². The zero-order valence-corrected chi connectivity index (χ0v) is 17.1. The first-order chi connectivity index (χ1) is 14.1. The summed E-state index contributed by atoms with van der Waals surface area (Å²) in [6.45, 7) is 5.11. The zero-order valence-electron chi connectivity index (χ0n) is 17.1. The summed E-state index contributed by atoms with van der Waals surface area (Å²) in [7, 11) is 1.63. The van der Waals surface area contributed by atoms with Crippen LogP contribution in [0.2, 0.25) is 0 Å². The third-order valence-electron chi connectivity index (χ3n) is 5.13. The van der Waals surface area contributed by atoms with Crippen LogP contribution in [0.25, 0.3) is 0 Å². The minimum atomic E-state index is 0.0722. The van der Waals surface area contributed by atoms with E-state index in [2.05, 4.69) is 4.90 Å². The number of piperazine rings is 1. The maximum absolute atomic E-state index is 12.5. The second-order valence-corrected chi connectivity index (χ2v) is 7.10. The number of amides is 1. The highest BCUT2D eigenvalue weighted by Crippen LogP contribution is 2.19. The van der Waals surface area contributed by atoms with E-state index in [0.29, 0.717) is 32.5 Å². The second kappa shape index (κ2) is 9.96. The summed E-state index contributed by atoms with van der Waals surface area (Å²) in [4.78, 5) is 28.0. The fraction of sp³-hybridized carbons (Fsp3) is 0.391. The Morgan fingerprint density at radius 1 is 0.897 bits per heavy atom. The maximum Gasteiger partial charge on any atom is 0.222 e. The molecule has 2 aromatic carbocycles. The number of methoxy groups -OCH3 is 1. The maximum atomic E-state index is 12.5. The standard InChI is InChI=1S/C23H28N2O4/c1-18(26)19-5-7-20(8-6-19)24-13-15-25(16-14-24)23(27)4-3-17-29-22-11-9-21(28-2)10-12-22/h5-12H,3-4,13-17H2,1-2H3. The van der Waals surface area contributed by atoms with Gasteiger partial charge in [-0.1, -0.05) is 0 Å². The molecule has 1 amide bonds. The van der Waals surface area contributed by atoms with Gasteiger partial charge in [-0.25, -0.2) is 0 Å². The number of ether oxygens (including phenoxy) is 2. The molecule has 1 aliphatic rings. The van der Waals surface area contributed by atoms with Crippen molar-refractivity contribution >= 4 is 17.4 Å². The van der Waals surface area contributed by atoms with Crippen molar-refractivity contribution in [2.45, 2.75) is 19.8 Å². The van der Waals surface area contributed by atoms with Crippen molar-refractivity contribution in [2.24, 2.45) is 0 Å². The van der Waals surface area contributed by atoms with E-state index in [1.165, 1.54) is 0 Å². The Labute approximate surface area is 172 Å². The molecule has 1 aliphatic heterocycles. The van der Waals surface area contributed by atoms with Crippen LogP contribution in [0.3, 0.4) is 0 Å². The number of hydrogen-bond acceptors (Lipinski definition) is 5. The number of ketones is 1. The summed E-state index contributed by atoms with van der Waals surface area (Å²) in [6, 6.07) is 15.1. The fourth-order valence-electron chi connectivity index (χ4n) is 3.36. The first-order valence-electron chi connectivity index (χ1n) is 9.97. The largest absolute Gasteiger partial charge is 0.497 e. The Kier molecular flexibility index (Phi) is 7.11. The average Bonchev–Trinajstić information content (AvgIpc) is 2.77. The molecule has 6 nitrogen and oxygen atoms in total. The molecule has 1 saturated heterocycles. The smallest absolute Gasteiger partial charge is 0.222 e. The van der Waals surface area contributed by atoms with Gasteiger partial charge in [-0.2, -0.15) is 0 Å². The number of Topliss-reactive ketones (excluding diaryl/α,β-unsaturated/α-hetero) is 1. The van der Waals surface area contributed by atoms with Crippen LogP contribution >= 0.6 is 0 Å². The summed E-state index contributed by atoms with van der Waals surface area (Å²) in [5.74, 6) is 1.82. The van der Waals surface area contributed by atoms with E-state index < -0.39 is 0 Å². The third-order valence-corrected chi connectivity index (χ3v) is 5.13. The first kappa shape index (κ1) is 20.7. The number of carbonyl (C=O) groups excluding carboxylic acids is 2. The quantitative estimate of drug-likeness (QED) is 0.506. The van der Waals surface area contributed by atoms with Crippen molar-refractivity contribution in [1.82, 2.24) is 4.90 Å². The van der Waals surface area contributed by atoms with Gasteiger partial charge in [0.05, 0.1) is 13.7 Å².